The summed E-state index contributed by atoms with van der Waals surface area (Å²) in [6.07, 6.45) is 0.730. The minimum absolute atomic E-state index is 0.0554. The van der Waals surface area contributed by atoms with E-state index in [9.17, 15) is 14.4 Å². The Hall–Kier alpha value is -1.79. The lowest BCUT2D eigenvalue weighted by atomic mass is 10.1. The summed E-state index contributed by atoms with van der Waals surface area (Å²) in [6, 6.07) is -0.301. The van der Waals surface area contributed by atoms with Gasteiger partial charge in [0.05, 0.1) is 5.92 Å². The van der Waals surface area contributed by atoms with Gasteiger partial charge in [0.25, 0.3) is 0 Å². The second kappa shape index (κ2) is 6.23. The fraction of sp³-hybridized carbons (Fsp3) is 0.727. The zero-order valence-electron chi connectivity index (χ0n) is 10.7. The first kappa shape index (κ1) is 14.3. The number of rotatable bonds is 4. The highest BCUT2D eigenvalue weighted by Gasteiger charge is 2.30. The molecule has 3 amide bonds. The second-order valence-electron chi connectivity index (χ2n) is 4.54. The van der Waals surface area contributed by atoms with E-state index in [1.54, 1.807) is 14.1 Å². The Morgan fingerprint density at radius 1 is 1.39 bits per heavy atom. The molecule has 0 aromatic heterocycles. The summed E-state index contributed by atoms with van der Waals surface area (Å²) in [5.74, 6) is -1.40. The number of carboxylic acids is 1. The number of likely N-dealkylation sites (tertiary alicyclic amines) is 1. The molecule has 0 spiro atoms. The van der Waals surface area contributed by atoms with Crippen molar-refractivity contribution in [1.29, 1.82) is 0 Å². The third kappa shape index (κ3) is 3.90. The number of aliphatic carboxylic acids is 1. The van der Waals surface area contributed by atoms with E-state index in [1.807, 2.05) is 0 Å². The molecule has 7 nitrogen and oxygen atoms in total. The van der Waals surface area contributed by atoms with Crippen LogP contribution in [0.4, 0.5) is 4.79 Å². The van der Waals surface area contributed by atoms with Crippen LogP contribution in [-0.4, -0.2) is 66.5 Å². The summed E-state index contributed by atoms with van der Waals surface area (Å²) in [4.78, 5) is 36.6. The van der Waals surface area contributed by atoms with E-state index < -0.39 is 11.9 Å². The van der Waals surface area contributed by atoms with Crippen LogP contribution >= 0.6 is 0 Å². The van der Waals surface area contributed by atoms with Gasteiger partial charge < -0.3 is 20.2 Å². The predicted molar refractivity (Wildman–Crippen MR) is 64.0 cm³/mol. The van der Waals surface area contributed by atoms with Gasteiger partial charge in [-0.3, -0.25) is 9.59 Å². The molecule has 1 unspecified atom stereocenters. The number of amides is 3. The van der Waals surface area contributed by atoms with Crippen molar-refractivity contribution in [2.45, 2.75) is 12.8 Å². The third-order valence-electron chi connectivity index (χ3n) is 2.94. The van der Waals surface area contributed by atoms with Crippen LogP contribution < -0.4 is 5.32 Å². The smallest absolute Gasteiger partial charge is 0.317 e. The number of urea groups is 1. The molecule has 0 aromatic rings. The third-order valence-corrected chi connectivity index (χ3v) is 2.94. The van der Waals surface area contributed by atoms with E-state index in [2.05, 4.69) is 5.32 Å². The minimum Gasteiger partial charge on any atom is -0.481 e. The SMILES string of the molecule is CN(C)C(=O)CCNC(=O)N1CCC(C(=O)O)C1. The van der Waals surface area contributed by atoms with Gasteiger partial charge >= 0.3 is 12.0 Å². The summed E-state index contributed by atoms with van der Waals surface area (Å²) < 4.78 is 0. The molecule has 0 radical (unpaired) electrons. The van der Waals surface area contributed by atoms with Gasteiger partial charge in [0, 0.05) is 40.2 Å². The molecule has 1 heterocycles. The first-order chi connectivity index (χ1) is 8.41. The number of nitrogens with one attached hydrogen (secondary N) is 1. The summed E-state index contributed by atoms with van der Waals surface area (Å²) in [5, 5.41) is 11.4. The lowest BCUT2D eigenvalue weighted by Gasteiger charge is -2.17. The molecule has 1 aliphatic rings. The average Bonchev–Trinajstić information content (AvgIpc) is 2.77. The van der Waals surface area contributed by atoms with Crippen LogP contribution in [0.1, 0.15) is 12.8 Å². The Balaban J connectivity index is 2.26. The highest BCUT2D eigenvalue weighted by atomic mass is 16.4. The zero-order valence-corrected chi connectivity index (χ0v) is 10.7. The highest BCUT2D eigenvalue weighted by Crippen LogP contribution is 2.15. The molecule has 0 saturated carbocycles. The molecular weight excluding hydrogens is 238 g/mol. The molecule has 18 heavy (non-hydrogen) atoms. The van der Waals surface area contributed by atoms with Gasteiger partial charge in [-0.15, -0.1) is 0 Å². The van der Waals surface area contributed by atoms with Crippen LogP contribution in [0.15, 0.2) is 0 Å². The fourth-order valence-electron chi connectivity index (χ4n) is 1.76. The van der Waals surface area contributed by atoms with Crippen LogP contribution in [0.2, 0.25) is 0 Å². The van der Waals surface area contributed by atoms with Gasteiger partial charge in [-0.05, 0) is 6.42 Å². The average molecular weight is 257 g/mol. The monoisotopic (exact) mass is 257 g/mol. The Morgan fingerprint density at radius 3 is 2.56 bits per heavy atom. The van der Waals surface area contributed by atoms with Gasteiger partial charge in [-0.2, -0.15) is 0 Å². The van der Waals surface area contributed by atoms with Gasteiger partial charge in [-0.1, -0.05) is 0 Å². The van der Waals surface area contributed by atoms with Crippen LogP contribution in [0.25, 0.3) is 0 Å². The van der Waals surface area contributed by atoms with Gasteiger partial charge in [0.15, 0.2) is 0 Å². The maximum atomic E-state index is 11.7. The van der Waals surface area contributed by atoms with Crippen molar-refractivity contribution in [3.05, 3.63) is 0 Å². The molecule has 102 valence electrons. The molecule has 0 bridgehead atoms. The molecule has 0 aliphatic carbocycles. The van der Waals surface area contributed by atoms with Crippen molar-refractivity contribution < 1.29 is 19.5 Å². The van der Waals surface area contributed by atoms with Crippen molar-refractivity contribution in [3.8, 4) is 0 Å². The Bertz CT molecular complexity index is 343. The summed E-state index contributed by atoms with van der Waals surface area (Å²) in [6.45, 7) is 0.956. The quantitative estimate of drug-likeness (QED) is 0.716. The zero-order chi connectivity index (χ0) is 13.7. The lowest BCUT2D eigenvalue weighted by molar-refractivity contribution is -0.141. The van der Waals surface area contributed by atoms with Crippen molar-refractivity contribution >= 4 is 17.9 Å². The Kier molecular flexibility index (Phi) is 4.94. The Morgan fingerprint density at radius 2 is 2.06 bits per heavy atom. The van der Waals surface area contributed by atoms with E-state index in [4.69, 9.17) is 5.11 Å². The maximum absolute atomic E-state index is 11.7. The molecule has 1 rings (SSSR count). The normalized spacial score (nSPS) is 18.6. The number of hydrogen-bond donors (Lipinski definition) is 2. The van der Waals surface area contributed by atoms with Crippen molar-refractivity contribution in [1.82, 2.24) is 15.1 Å². The summed E-state index contributed by atoms with van der Waals surface area (Å²) in [5.41, 5.74) is 0. The van der Waals surface area contributed by atoms with Gasteiger partial charge in [0.2, 0.25) is 5.91 Å². The summed E-state index contributed by atoms with van der Waals surface area (Å²) in [7, 11) is 3.31. The fourth-order valence-corrected chi connectivity index (χ4v) is 1.76. The lowest BCUT2D eigenvalue weighted by Crippen LogP contribution is -2.40. The molecule has 0 aromatic carbocycles. The van der Waals surface area contributed by atoms with E-state index in [0.717, 1.165) is 0 Å². The topological polar surface area (TPSA) is 90.0 Å². The Labute approximate surface area is 106 Å². The number of hydrogen-bond acceptors (Lipinski definition) is 3. The van der Waals surface area contributed by atoms with Crippen LogP contribution in [0.3, 0.4) is 0 Å². The molecule has 1 fully saturated rings. The van der Waals surface area contributed by atoms with Crippen molar-refractivity contribution in [2.75, 3.05) is 33.7 Å². The second-order valence-corrected chi connectivity index (χ2v) is 4.54. The molecule has 1 saturated heterocycles. The first-order valence-corrected chi connectivity index (χ1v) is 5.87. The van der Waals surface area contributed by atoms with Gasteiger partial charge in [0.1, 0.15) is 0 Å². The number of carbonyl (C=O) groups excluding carboxylic acids is 2. The minimum atomic E-state index is -0.868. The largest absolute Gasteiger partial charge is 0.481 e. The number of carbonyl (C=O) groups is 3. The van der Waals surface area contributed by atoms with Gasteiger partial charge in [-0.25, -0.2) is 4.79 Å². The van der Waals surface area contributed by atoms with Crippen molar-refractivity contribution in [2.24, 2.45) is 5.92 Å². The van der Waals surface area contributed by atoms with Crippen LogP contribution in [-0.2, 0) is 9.59 Å². The van der Waals surface area contributed by atoms with Crippen LogP contribution in [0.5, 0.6) is 0 Å². The van der Waals surface area contributed by atoms with E-state index in [-0.39, 0.29) is 31.4 Å². The summed E-state index contributed by atoms with van der Waals surface area (Å²) >= 11 is 0. The number of nitrogens with zero attached hydrogens (tertiary/aromatic N) is 2. The standard InChI is InChI=1S/C11H19N3O4/c1-13(2)9(15)3-5-12-11(18)14-6-4-8(7-14)10(16)17/h8H,3-7H2,1-2H3,(H,12,18)(H,16,17). The molecule has 1 aliphatic heterocycles. The molecule has 1 atom stereocenters. The molecular formula is C11H19N3O4. The van der Waals surface area contributed by atoms with Crippen molar-refractivity contribution in [3.63, 3.8) is 0 Å². The number of carboxylic acid groups (broad SMARTS) is 1. The molecule has 7 heteroatoms. The van der Waals surface area contributed by atoms with E-state index in [0.29, 0.717) is 13.0 Å². The van der Waals surface area contributed by atoms with E-state index >= 15 is 0 Å². The highest BCUT2D eigenvalue weighted by molar-refractivity contribution is 5.79. The first-order valence-electron chi connectivity index (χ1n) is 5.87. The van der Waals surface area contributed by atoms with E-state index in [1.165, 1.54) is 9.80 Å². The predicted octanol–water partition coefficient (Wildman–Crippen LogP) is -0.419. The maximum Gasteiger partial charge on any atom is 0.317 e. The molecule has 2 N–H and O–H groups in total. The van der Waals surface area contributed by atoms with Crippen LogP contribution in [0, 0.1) is 5.92 Å².